The highest BCUT2D eigenvalue weighted by Crippen LogP contribution is 2.34. The summed E-state index contributed by atoms with van der Waals surface area (Å²) < 4.78 is 12.9. The summed E-state index contributed by atoms with van der Waals surface area (Å²) in [6.45, 7) is 3.79. The number of nitrogens with zero attached hydrogens (tertiary/aromatic N) is 3. The Bertz CT molecular complexity index is 651. The molecule has 0 saturated heterocycles. The van der Waals surface area contributed by atoms with E-state index in [-0.39, 0.29) is 12.2 Å². The third-order valence-corrected chi connectivity index (χ3v) is 3.32. The standard InChI is InChI=1S/C15H17N3O3/c1-2-6-18-14(16-10-17-18)9-12(19)11-4-3-5-13-15(11)21-8-7-20-13/h3-5,10H,2,6-9H2,1H3. The van der Waals surface area contributed by atoms with Crippen LogP contribution in [0.2, 0.25) is 0 Å². The van der Waals surface area contributed by atoms with Gasteiger partial charge in [0.1, 0.15) is 25.4 Å². The Kier molecular flexibility index (Phi) is 3.85. The van der Waals surface area contributed by atoms with Crippen molar-refractivity contribution in [1.82, 2.24) is 14.8 Å². The zero-order chi connectivity index (χ0) is 14.7. The molecule has 0 radical (unpaired) electrons. The zero-order valence-electron chi connectivity index (χ0n) is 11.9. The van der Waals surface area contributed by atoms with Gasteiger partial charge in [-0.1, -0.05) is 13.0 Å². The molecule has 0 unspecified atom stereocenters. The predicted octanol–water partition coefficient (Wildman–Crippen LogP) is 1.88. The van der Waals surface area contributed by atoms with Crippen molar-refractivity contribution < 1.29 is 14.3 Å². The minimum Gasteiger partial charge on any atom is -0.486 e. The molecule has 1 aromatic heterocycles. The highest BCUT2D eigenvalue weighted by atomic mass is 16.6. The van der Waals surface area contributed by atoms with Gasteiger partial charge in [0, 0.05) is 6.54 Å². The van der Waals surface area contributed by atoms with E-state index in [0.717, 1.165) is 13.0 Å². The monoisotopic (exact) mass is 287 g/mol. The maximum Gasteiger partial charge on any atom is 0.174 e. The van der Waals surface area contributed by atoms with Crippen molar-refractivity contribution in [2.24, 2.45) is 0 Å². The Morgan fingerprint density at radius 1 is 1.33 bits per heavy atom. The normalized spacial score (nSPS) is 13.2. The van der Waals surface area contributed by atoms with Crippen molar-refractivity contribution >= 4 is 5.78 Å². The maximum absolute atomic E-state index is 12.5. The Morgan fingerprint density at radius 3 is 3.05 bits per heavy atom. The molecule has 1 aliphatic rings. The predicted molar refractivity (Wildman–Crippen MR) is 75.8 cm³/mol. The summed E-state index contributed by atoms with van der Waals surface area (Å²) in [5.41, 5.74) is 0.540. The third kappa shape index (κ3) is 2.74. The quantitative estimate of drug-likeness (QED) is 0.786. The molecule has 2 aromatic rings. The second kappa shape index (κ2) is 5.95. The van der Waals surface area contributed by atoms with Crippen LogP contribution in [-0.4, -0.2) is 33.8 Å². The molecule has 0 N–H and O–H groups in total. The Hall–Kier alpha value is -2.37. The fourth-order valence-electron chi connectivity index (χ4n) is 2.36. The molecular weight excluding hydrogens is 270 g/mol. The van der Waals surface area contributed by atoms with Crippen LogP contribution >= 0.6 is 0 Å². The second-order valence-electron chi connectivity index (χ2n) is 4.83. The Balaban J connectivity index is 1.84. The van der Waals surface area contributed by atoms with E-state index in [9.17, 15) is 4.79 Å². The number of hydrogen-bond donors (Lipinski definition) is 0. The van der Waals surface area contributed by atoms with Gasteiger partial charge in [-0.3, -0.25) is 4.79 Å². The fraction of sp³-hybridized carbons (Fsp3) is 0.400. The zero-order valence-corrected chi connectivity index (χ0v) is 11.9. The first-order valence-corrected chi connectivity index (χ1v) is 7.08. The van der Waals surface area contributed by atoms with Crippen LogP contribution < -0.4 is 9.47 Å². The minimum atomic E-state index is -0.0392. The number of aromatic nitrogens is 3. The van der Waals surface area contributed by atoms with E-state index in [1.165, 1.54) is 6.33 Å². The lowest BCUT2D eigenvalue weighted by Gasteiger charge is -2.20. The maximum atomic E-state index is 12.5. The lowest BCUT2D eigenvalue weighted by atomic mass is 10.1. The molecule has 1 aliphatic heterocycles. The first-order valence-electron chi connectivity index (χ1n) is 7.08. The SMILES string of the molecule is CCCn1ncnc1CC(=O)c1cccc2c1OCCO2. The Morgan fingerprint density at radius 2 is 2.19 bits per heavy atom. The van der Waals surface area contributed by atoms with Crippen molar-refractivity contribution in [3.63, 3.8) is 0 Å². The van der Waals surface area contributed by atoms with E-state index in [2.05, 4.69) is 17.0 Å². The largest absolute Gasteiger partial charge is 0.486 e. The number of para-hydroxylation sites is 1. The van der Waals surface area contributed by atoms with Crippen LogP contribution in [0.1, 0.15) is 29.5 Å². The molecule has 0 fully saturated rings. The fourth-order valence-corrected chi connectivity index (χ4v) is 2.36. The second-order valence-corrected chi connectivity index (χ2v) is 4.83. The number of fused-ring (bicyclic) bond motifs is 1. The molecule has 0 amide bonds. The van der Waals surface area contributed by atoms with Gasteiger partial charge in [-0.05, 0) is 18.6 Å². The van der Waals surface area contributed by atoms with Crippen LogP contribution in [-0.2, 0) is 13.0 Å². The Labute approximate surface area is 122 Å². The number of ketones is 1. The van der Waals surface area contributed by atoms with Gasteiger partial charge in [-0.15, -0.1) is 0 Å². The van der Waals surface area contributed by atoms with Gasteiger partial charge in [-0.2, -0.15) is 5.10 Å². The minimum absolute atomic E-state index is 0.0392. The van der Waals surface area contributed by atoms with Crippen molar-refractivity contribution in [2.75, 3.05) is 13.2 Å². The lowest BCUT2D eigenvalue weighted by Crippen LogP contribution is -2.19. The van der Waals surface area contributed by atoms with Crippen LogP contribution in [0, 0.1) is 0 Å². The van der Waals surface area contributed by atoms with Crippen molar-refractivity contribution in [1.29, 1.82) is 0 Å². The summed E-state index contributed by atoms with van der Waals surface area (Å²) in [6.07, 6.45) is 2.64. The number of hydrogen-bond acceptors (Lipinski definition) is 5. The highest BCUT2D eigenvalue weighted by Gasteiger charge is 2.21. The van der Waals surface area contributed by atoms with Gasteiger partial charge in [0.25, 0.3) is 0 Å². The van der Waals surface area contributed by atoms with E-state index in [1.807, 2.05) is 6.07 Å². The average molecular weight is 287 g/mol. The van der Waals surface area contributed by atoms with Crippen LogP contribution in [0.25, 0.3) is 0 Å². The third-order valence-electron chi connectivity index (χ3n) is 3.32. The first kappa shape index (κ1) is 13.6. The van der Waals surface area contributed by atoms with Gasteiger partial charge in [0.15, 0.2) is 17.3 Å². The number of aryl methyl sites for hydroxylation is 1. The smallest absolute Gasteiger partial charge is 0.174 e. The molecule has 2 heterocycles. The number of Topliss-reactive ketones (excluding diaryl/α,β-unsaturated/α-hetero) is 1. The molecule has 3 rings (SSSR count). The number of rotatable bonds is 5. The number of carbonyl (C=O) groups excluding carboxylic acids is 1. The molecule has 110 valence electrons. The van der Waals surface area contributed by atoms with Crippen LogP contribution in [0.3, 0.4) is 0 Å². The lowest BCUT2D eigenvalue weighted by molar-refractivity contribution is 0.0978. The van der Waals surface area contributed by atoms with E-state index in [4.69, 9.17) is 9.47 Å². The topological polar surface area (TPSA) is 66.2 Å². The molecule has 0 bridgehead atoms. The van der Waals surface area contributed by atoms with Gasteiger partial charge < -0.3 is 9.47 Å². The summed E-state index contributed by atoms with van der Waals surface area (Å²) in [7, 11) is 0. The van der Waals surface area contributed by atoms with Crippen LogP contribution in [0.4, 0.5) is 0 Å². The molecule has 21 heavy (non-hydrogen) atoms. The summed E-state index contributed by atoms with van der Waals surface area (Å²) in [5.74, 6) is 1.80. The van der Waals surface area contributed by atoms with E-state index >= 15 is 0 Å². The van der Waals surface area contributed by atoms with Crippen molar-refractivity contribution in [2.45, 2.75) is 26.3 Å². The van der Waals surface area contributed by atoms with Crippen molar-refractivity contribution in [3.05, 3.63) is 35.9 Å². The summed E-state index contributed by atoms with van der Waals surface area (Å²) in [6, 6.07) is 5.37. The van der Waals surface area contributed by atoms with Gasteiger partial charge in [-0.25, -0.2) is 9.67 Å². The molecule has 6 heteroatoms. The van der Waals surface area contributed by atoms with E-state index < -0.39 is 0 Å². The summed E-state index contributed by atoms with van der Waals surface area (Å²) in [4.78, 5) is 16.7. The average Bonchev–Trinajstić information content (AvgIpc) is 2.94. The van der Waals surface area contributed by atoms with Gasteiger partial charge >= 0.3 is 0 Å². The molecule has 6 nitrogen and oxygen atoms in total. The molecule has 1 aromatic carbocycles. The van der Waals surface area contributed by atoms with Crippen LogP contribution in [0.15, 0.2) is 24.5 Å². The van der Waals surface area contributed by atoms with Crippen molar-refractivity contribution in [3.8, 4) is 11.5 Å². The molecule has 0 saturated carbocycles. The van der Waals surface area contributed by atoms with E-state index in [0.29, 0.717) is 36.1 Å². The summed E-state index contributed by atoms with van der Waals surface area (Å²) >= 11 is 0. The molecule has 0 spiro atoms. The summed E-state index contributed by atoms with van der Waals surface area (Å²) in [5, 5.41) is 4.14. The number of carbonyl (C=O) groups is 1. The van der Waals surface area contributed by atoms with Gasteiger partial charge in [0.2, 0.25) is 0 Å². The molecule has 0 aliphatic carbocycles. The first-order chi connectivity index (χ1) is 10.3. The number of benzene rings is 1. The van der Waals surface area contributed by atoms with Crippen LogP contribution in [0.5, 0.6) is 11.5 Å². The molecular formula is C15H17N3O3. The number of ether oxygens (including phenoxy) is 2. The van der Waals surface area contributed by atoms with Gasteiger partial charge in [0.05, 0.1) is 12.0 Å². The highest BCUT2D eigenvalue weighted by molar-refractivity contribution is 6.00. The van der Waals surface area contributed by atoms with E-state index in [1.54, 1.807) is 16.8 Å². The molecule has 0 atom stereocenters.